The lowest BCUT2D eigenvalue weighted by atomic mass is 10.1. The minimum absolute atomic E-state index is 0.128. The van der Waals surface area contributed by atoms with Gasteiger partial charge in [-0.3, -0.25) is 0 Å². The maximum atomic E-state index is 12.6. The molecule has 3 nitrogen and oxygen atoms in total. The first-order valence-corrected chi connectivity index (χ1v) is 6.40. The van der Waals surface area contributed by atoms with Gasteiger partial charge >= 0.3 is 6.18 Å². The minimum atomic E-state index is -4.47. The predicted molar refractivity (Wildman–Crippen MR) is 75.2 cm³/mol. The summed E-state index contributed by atoms with van der Waals surface area (Å²) < 4.78 is 42.7. The number of nitrogen functional groups attached to an aromatic ring is 1. The Kier molecular flexibility index (Phi) is 4.27. The molecule has 2 N–H and O–H groups in total. The molecule has 0 unspecified atom stereocenters. The van der Waals surface area contributed by atoms with Gasteiger partial charge in [-0.2, -0.15) is 13.2 Å². The number of ether oxygens (including phenoxy) is 1. The molecule has 1 atom stereocenters. The highest BCUT2D eigenvalue weighted by molar-refractivity contribution is 6.30. The normalized spacial score (nSPS) is 13.0. The van der Waals surface area contributed by atoms with Crippen molar-refractivity contribution in [3.8, 4) is 17.0 Å². The Morgan fingerprint density at radius 1 is 1.24 bits per heavy atom. The van der Waals surface area contributed by atoms with Gasteiger partial charge in [0.05, 0.1) is 11.9 Å². The van der Waals surface area contributed by atoms with Gasteiger partial charge in [0.1, 0.15) is 0 Å². The first-order chi connectivity index (χ1) is 9.77. The number of nitrogens with zero attached hydrogens (tertiary/aromatic N) is 1. The summed E-state index contributed by atoms with van der Waals surface area (Å²) >= 11 is 5.79. The molecule has 1 heterocycles. The number of anilines is 1. The maximum absolute atomic E-state index is 12.6. The van der Waals surface area contributed by atoms with Gasteiger partial charge in [-0.25, -0.2) is 4.98 Å². The standard InChI is InChI=1S/C14H12ClF3N2O/c1-8(14(16,17)18)21-13-12(6-11(19)7-20-13)9-2-4-10(15)5-3-9/h2-8H,19H2,1H3/t8-/m0/s1. The Morgan fingerprint density at radius 2 is 1.86 bits per heavy atom. The molecule has 0 spiro atoms. The van der Waals surface area contributed by atoms with Crippen LogP contribution in [0.15, 0.2) is 36.5 Å². The molecule has 1 aromatic heterocycles. The summed E-state index contributed by atoms with van der Waals surface area (Å²) in [5.41, 5.74) is 6.96. The molecule has 0 radical (unpaired) electrons. The topological polar surface area (TPSA) is 48.1 Å². The second-order valence-electron chi connectivity index (χ2n) is 4.43. The molecule has 0 aliphatic carbocycles. The van der Waals surface area contributed by atoms with E-state index in [1.807, 2.05) is 0 Å². The first-order valence-electron chi connectivity index (χ1n) is 6.02. The molecule has 7 heteroatoms. The number of halogens is 4. The van der Waals surface area contributed by atoms with Crippen LogP contribution in [-0.2, 0) is 0 Å². The van der Waals surface area contributed by atoms with E-state index in [1.165, 1.54) is 12.3 Å². The van der Waals surface area contributed by atoms with Crippen LogP contribution < -0.4 is 10.5 Å². The SMILES string of the molecule is C[C@H](Oc1ncc(N)cc1-c1ccc(Cl)cc1)C(F)(F)F. The Balaban J connectivity index is 2.40. The molecule has 0 saturated heterocycles. The van der Waals surface area contributed by atoms with Crippen LogP contribution in [0.1, 0.15) is 6.92 Å². The van der Waals surface area contributed by atoms with Crippen LogP contribution in [0.2, 0.25) is 5.02 Å². The van der Waals surface area contributed by atoms with Gasteiger partial charge in [-0.1, -0.05) is 23.7 Å². The van der Waals surface area contributed by atoms with Crippen molar-refractivity contribution in [2.45, 2.75) is 19.2 Å². The highest BCUT2D eigenvalue weighted by atomic mass is 35.5. The van der Waals surface area contributed by atoms with Crippen LogP contribution in [0.5, 0.6) is 5.88 Å². The molecule has 2 rings (SSSR count). The molecule has 0 bridgehead atoms. The number of rotatable bonds is 3. The number of benzene rings is 1. The van der Waals surface area contributed by atoms with Crippen LogP contribution in [-0.4, -0.2) is 17.3 Å². The largest absolute Gasteiger partial charge is 0.465 e. The Hall–Kier alpha value is -1.95. The van der Waals surface area contributed by atoms with Gasteiger partial charge < -0.3 is 10.5 Å². The first kappa shape index (κ1) is 15.4. The number of aromatic nitrogens is 1. The Labute approximate surface area is 124 Å². The summed E-state index contributed by atoms with van der Waals surface area (Å²) in [6.07, 6.45) is -5.20. The average molecular weight is 317 g/mol. The van der Waals surface area contributed by atoms with Gasteiger partial charge in [0, 0.05) is 10.6 Å². The van der Waals surface area contributed by atoms with E-state index in [-0.39, 0.29) is 5.88 Å². The average Bonchev–Trinajstić information content (AvgIpc) is 2.40. The molecule has 2 aromatic rings. The molecular formula is C14H12ClF3N2O. The van der Waals surface area contributed by atoms with Crippen molar-refractivity contribution in [1.82, 2.24) is 4.98 Å². The predicted octanol–water partition coefficient (Wildman–Crippen LogP) is 4.31. The summed E-state index contributed by atoms with van der Waals surface area (Å²) in [5.74, 6) is -0.128. The van der Waals surface area contributed by atoms with Gasteiger partial charge in [0.2, 0.25) is 5.88 Å². The summed E-state index contributed by atoms with van der Waals surface area (Å²) in [5, 5.41) is 0.516. The van der Waals surface area contributed by atoms with E-state index in [4.69, 9.17) is 22.1 Å². The van der Waals surface area contributed by atoms with Crippen LogP contribution in [0.25, 0.3) is 11.1 Å². The third-order valence-electron chi connectivity index (χ3n) is 2.78. The van der Waals surface area contributed by atoms with Crippen LogP contribution >= 0.6 is 11.6 Å². The van der Waals surface area contributed by atoms with E-state index in [0.717, 1.165) is 6.92 Å². The van der Waals surface area contributed by atoms with Crippen molar-refractivity contribution in [2.24, 2.45) is 0 Å². The molecule has 1 aromatic carbocycles. The molecule has 21 heavy (non-hydrogen) atoms. The van der Waals surface area contributed by atoms with Crippen molar-refractivity contribution >= 4 is 17.3 Å². The second-order valence-corrected chi connectivity index (χ2v) is 4.87. The highest BCUT2D eigenvalue weighted by Crippen LogP contribution is 2.33. The lowest BCUT2D eigenvalue weighted by Crippen LogP contribution is -2.31. The number of nitrogens with two attached hydrogens (primary N) is 1. The van der Waals surface area contributed by atoms with Crippen molar-refractivity contribution in [3.05, 3.63) is 41.6 Å². The monoisotopic (exact) mass is 316 g/mol. The molecule has 0 aliphatic rings. The van der Waals surface area contributed by atoms with Crippen LogP contribution in [0.4, 0.5) is 18.9 Å². The number of pyridine rings is 1. The smallest absolute Gasteiger partial charge is 0.425 e. The van der Waals surface area contributed by atoms with E-state index < -0.39 is 12.3 Å². The number of alkyl halides is 3. The summed E-state index contributed by atoms with van der Waals surface area (Å²) in [6, 6.07) is 8.07. The minimum Gasteiger partial charge on any atom is -0.465 e. The molecule has 0 aliphatic heterocycles. The molecule has 0 saturated carbocycles. The number of hydrogen-bond donors (Lipinski definition) is 1. The summed E-state index contributed by atoms with van der Waals surface area (Å²) in [7, 11) is 0. The Morgan fingerprint density at radius 3 is 2.43 bits per heavy atom. The molecular weight excluding hydrogens is 305 g/mol. The zero-order valence-corrected chi connectivity index (χ0v) is 11.7. The van der Waals surface area contributed by atoms with E-state index in [1.54, 1.807) is 24.3 Å². The highest BCUT2D eigenvalue weighted by Gasteiger charge is 2.38. The van der Waals surface area contributed by atoms with E-state index >= 15 is 0 Å². The van der Waals surface area contributed by atoms with E-state index in [9.17, 15) is 13.2 Å². The zero-order chi connectivity index (χ0) is 15.6. The lowest BCUT2D eigenvalue weighted by Gasteiger charge is -2.19. The van der Waals surface area contributed by atoms with Gasteiger partial charge in [0.25, 0.3) is 0 Å². The fraction of sp³-hybridized carbons (Fsp3) is 0.214. The van der Waals surface area contributed by atoms with E-state index in [2.05, 4.69) is 4.98 Å². The van der Waals surface area contributed by atoms with Crippen molar-refractivity contribution in [1.29, 1.82) is 0 Å². The number of hydrogen-bond acceptors (Lipinski definition) is 3. The summed E-state index contributed by atoms with van der Waals surface area (Å²) in [4.78, 5) is 3.85. The van der Waals surface area contributed by atoms with Crippen LogP contribution in [0, 0.1) is 0 Å². The van der Waals surface area contributed by atoms with E-state index in [0.29, 0.717) is 21.8 Å². The van der Waals surface area contributed by atoms with Crippen LogP contribution in [0.3, 0.4) is 0 Å². The third kappa shape index (κ3) is 3.78. The summed E-state index contributed by atoms with van der Waals surface area (Å²) in [6.45, 7) is 0.920. The molecule has 112 valence electrons. The quantitative estimate of drug-likeness (QED) is 0.917. The molecule has 0 amide bonds. The third-order valence-corrected chi connectivity index (χ3v) is 3.03. The maximum Gasteiger partial charge on any atom is 0.425 e. The van der Waals surface area contributed by atoms with Crippen molar-refractivity contribution < 1.29 is 17.9 Å². The van der Waals surface area contributed by atoms with Gasteiger partial charge in [-0.05, 0) is 30.7 Å². The zero-order valence-electron chi connectivity index (χ0n) is 11.0. The molecule has 0 fully saturated rings. The van der Waals surface area contributed by atoms with Crippen molar-refractivity contribution in [2.75, 3.05) is 5.73 Å². The van der Waals surface area contributed by atoms with Gasteiger partial charge in [0.15, 0.2) is 6.10 Å². The van der Waals surface area contributed by atoms with Gasteiger partial charge in [-0.15, -0.1) is 0 Å². The lowest BCUT2D eigenvalue weighted by molar-refractivity contribution is -0.189. The fourth-order valence-electron chi connectivity index (χ4n) is 1.63. The Bertz CT molecular complexity index is 629. The van der Waals surface area contributed by atoms with Crippen molar-refractivity contribution in [3.63, 3.8) is 0 Å². The fourth-order valence-corrected chi connectivity index (χ4v) is 1.76. The second kappa shape index (κ2) is 5.81.